The second-order valence-corrected chi connectivity index (χ2v) is 30.7. The summed E-state index contributed by atoms with van der Waals surface area (Å²) in [7, 11) is -4.79. The Kier molecular flexibility index (Phi) is 33.7. The Morgan fingerprint density at radius 1 is 0.500 bits per heavy atom. The number of carbonyl (C=O) groups is 14. The van der Waals surface area contributed by atoms with Gasteiger partial charge in [-0.15, -0.1) is 0 Å². The van der Waals surface area contributed by atoms with Crippen molar-refractivity contribution in [1.29, 1.82) is 0 Å². The van der Waals surface area contributed by atoms with Gasteiger partial charge in [0, 0.05) is 81.9 Å². The first-order valence-electron chi connectivity index (χ1n) is 36.1. The summed E-state index contributed by atoms with van der Waals surface area (Å²) in [6.45, 7) is 10.8. The molecule has 0 spiro atoms. The molecular formula is C76H100ClN15O17S. The number of likely N-dealkylation sites (tertiary alicyclic amines) is 1. The summed E-state index contributed by atoms with van der Waals surface area (Å²) < 4.78 is 29.1. The van der Waals surface area contributed by atoms with E-state index in [2.05, 4.69) is 63.8 Å². The summed E-state index contributed by atoms with van der Waals surface area (Å²) in [5.41, 5.74) is 13.3. The number of aliphatic hydroxyl groups is 1. The SMILES string of the molecule is CC(=O)Nc1ccc(C[C@H](NC(=O)[C@H](CO)NC(=O)[C@@H](CCC(N)=O)NC(=O)[C@@H](Cc2ccc(Cl)cc2)NC(=O)[C@@H](Cc2ccc3ccccc3c2)NC(C)=O)C(=O)N[C@H](Cc2ccc(NC(C)=O)cc2)C(=O)N[C@@H](C(=O)N[C@@H](CCCCNC(C)C)C(=O)N2CCC[C@H]2C(=O)N[C@H](C)C(N)=O)S(=O)(=O)C(C)C)cc1. The zero-order valence-electron chi connectivity index (χ0n) is 62.7. The number of unbranched alkanes of at least 4 members (excludes halogenated alkanes) is 1. The molecule has 110 heavy (non-hydrogen) atoms. The molecule has 17 N–H and O–H groups in total. The number of benzene rings is 5. The van der Waals surface area contributed by atoms with Crippen molar-refractivity contribution < 1.29 is 80.6 Å². The third-order valence-corrected chi connectivity index (χ3v) is 20.5. The lowest BCUT2D eigenvalue weighted by Gasteiger charge is -2.31. The number of sulfone groups is 1. The lowest BCUT2D eigenvalue weighted by Crippen LogP contribution is -2.62. The second kappa shape index (κ2) is 42.2. The molecule has 1 fully saturated rings. The monoisotopic (exact) mass is 1560 g/mol. The van der Waals surface area contributed by atoms with Crippen LogP contribution in [0.5, 0.6) is 0 Å². The van der Waals surface area contributed by atoms with Gasteiger partial charge in [0.1, 0.15) is 54.4 Å². The number of fused-ring (bicyclic) bond motifs is 1. The van der Waals surface area contributed by atoms with E-state index in [1.807, 2.05) is 50.2 Å². The highest BCUT2D eigenvalue weighted by atomic mass is 35.5. The molecule has 10 atom stereocenters. The molecule has 0 aliphatic carbocycles. The smallest absolute Gasteiger partial charge is 0.259 e. The van der Waals surface area contributed by atoms with Gasteiger partial charge in [-0.3, -0.25) is 67.1 Å². The van der Waals surface area contributed by atoms with E-state index in [1.54, 1.807) is 18.2 Å². The molecule has 594 valence electrons. The van der Waals surface area contributed by atoms with Crippen LogP contribution in [0, 0.1) is 0 Å². The van der Waals surface area contributed by atoms with Gasteiger partial charge in [0.2, 0.25) is 82.2 Å². The van der Waals surface area contributed by atoms with E-state index in [1.165, 1.54) is 107 Å². The van der Waals surface area contributed by atoms with Gasteiger partial charge in [0.25, 0.3) is 5.91 Å². The van der Waals surface area contributed by atoms with Crippen molar-refractivity contribution in [2.75, 3.05) is 30.3 Å². The minimum Gasteiger partial charge on any atom is -0.394 e. The van der Waals surface area contributed by atoms with Crippen LogP contribution in [-0.4, -0.2) is 192 Å². The molecule has 34 heteroatoms. The average Bonchev–Trinajstić information content (AvgIpc) is 1.66. The van der Waals surface area contributed by atoms with Crippen LogP contribution in [-0.2, 0) is 103 Å². The predicted molar refractivity (Wildman–Crippen MR) is 411 cm³/mol. The van der Waals surface area contributed by atoms with Crippen molar-refractivity contribution in [2.45, 2.75) is 197 Å². The number of nitrogens with one attached hydrogen (secondary N) is 12. The molecule has 1 aliphatic heterocycles. The molecule has 0 saturated carbocycles. The molecule has 32 nitrogen and oxygen atoms in total. The summed E-state index contributed by atoms with van der Waals surface area (Å²) >= 11 is 6.20. The first-order valence-corrected chi connectivity index (χ1v) is 38.1. The lowest BCUT2D eigenvalue weighted by atomic mass is 9.99. The Balaban J connectivity index is 1.33. The van der Waals surface area contributed by atoms with Crippen molar-refractivity contribution in [2.24, 2.45) is 11.5 Å². The molecule has 5 aromatic carbocycles. The third kappa shape index (κ3) is 27.6. The number of primary amides is 2. The predicted octanol–water partition coefficient (Wildman–Crippen LogP) is 0.767. The number of hydrogen-bond acceptors (Lipinski definition) is 18. The number of amides is 14. The van der Waals surface area contributed by atoms with E-state index < -0.39 is 190 Å². The minimum atomic E-state index is -4.79. The van der Waals surface area contributed by atoms with Gasteiger partial charge < -0.3 is 85.3 Å². The molecule has 0 bridgehead atoms. The highest BCUT2D eigenvalue weighted by Gasteiger charge is 2.43. The van der Waals surface area contributed by atoms with Gasteiger partial charge in [-0.1, -0.05) is 104 Å². The molecule has 14 amide bonds. The van der Waals surface area contributed by atoms with Gasteiger partial charge in [-0.2, -0.15) is 0 Å². The van der Waals surface area contributed by atoms with Crippen LogP contribution in [0.15, 0.2) is 115 Å². The number of carbonyl (C=O) groups excluding carboxylic acids is 14. The van der Waals surface area contributed by atoms with E-state index in [0.29, 0.717) is 52.5 Å². The van der Waals surface area contributed by atoms with Crippen LogP contribution in [0.2, 0.25) is 5.02 Å². The number of nitrogens with zero attached hydrogens (tertiary/aromatic N) is 1. The lowest BCUT2D eigenvalue weighted by molar-refractivity contribution is -0.142. The Morgan fingerprint density at radius 2 is 0.945 bits per heavy atom. The third-order valence-electron chi connectivity index (χ3n) is 18.0. The van der Waals surface area contributed by atoms with Gasteiger partial charge in [0.05, 0.1) is 11.9 Å². The summed E-state index contributed by atoms with van der Waals surface area (Å²) in [6.07, 6.45) is -1.06. The molecule has 0 radical (unpaired) electrons. The first kappa shape index (κ1) is 88.0. The Morgan fingerprint density at radius 3 is 1.43 bits per heavy atom. The fraction of sp³-hybridized carbons (Fsp3) is 0.447. The minimum absolute atomic E-state index is 0.0240. The maximum atomic E-state index is 15.2. The van der Waals surface area contributed by atoms with Crippen LogP contribution in [0.3, 0.4) is 0 Å². The molecular weight excluding hydrogens is 1460 g/mol. The molecule has 5 aromatic rings. The highest BCUT2D eigenvalue weighted by molar-refractivity contribution is 7.93. The fourth-order valence-corrected chi connectivity index (χ4v) is 13.3. The number of hydrogen-bond donors (Lipinski definition) is 15. The molecule has 1 heterocycles. The Bertz CT molecular complexity index is 4250. The molecule has 1 saturated heterocycles. The Hall–Kier alpha value is -10.9. The zero-order chi connectivity index (χ0) is 81.1. The standard InChI is InChI=1S/C76H100ClN15O17S/c1-42(2)80-34-12-11-16-58(76(107)92-35-13-17-64(92)73(105)81-44(5)66(79)98)86-74(106)75(110(108,109)43(3)4)91-71(103)62(39-50-23-30-56(31-24-50)83-46(7)95)88-70(102)61(38-49-21-28-55(29-22-49)82-45(6)94)89-72(104)63(41-93)90-67(99)57(32-33-65(78)97)85-69(101)60(37-48-19-26-54(77)27-20-48)87-68(100)59(84-47(8)96)40-51-18-25-52-14-9-10-15-53(52)36-51/h9-10,14-15,18-31,36,42-44,57-64,75,80,93H,11-13,16-17,32-35,37-41H2,1-8H3,(H2,78,97)(H2,79,98)(H,81,105)(H,82,94)(H,83,95)(H,84,96)(H,85,101)(H,86,106)(H,87,100)(H,88,102)(H,89,104)(H,90,99)(H,91,103)/t44-,57-,58+,59-,60-,61+,62-,63+,64+,75-/m1/s1. The van der Waals surface area contributed by atoms with Crippen molar-refractivity contribution >= 4 is 126 Å². The Labute approximate surface area is 643 Å². The van der Waals surface area contributed by atoms with Crippen molar-refractivity contribution in [3.63, 3.8) is 0 Å². The molecule has 0 aromatic heterocycles. The second-order valence-electron chi connectivity index (χ2n) is 27.6. The maximum Gasteiger partial charge on any atom is 0.259 e. The molecule has 1 aliphatic rings. The molecule has 6 rings (SSSR count). The molecule has 0 unspecified atom stereocenters. The number of halogens is 1. The summed E-state index contributed by atoms with van der Waals surface area (Å²) in [4.78, 5) is 194. The average molecular weight is 1560 g/mol. The summed E-state index contributed by atoms with van der Waals surface area (Å²) in [6, 6.07) is 17.2. The van der Waals surface area contributed by atoms with Gasteiger partial charge in [-0.25, -0.2) is 8.42 Å². The van der Waals surface area contributed by atoms with Crippen molar-refractivity contribution in [3.05, 3.63) is 143 Å². The number of rotatable bonds is 41. The van der Waals surface area contributed by atoms with Crippen LogP contribution < -0.4 is 75.3 Å². The summed E-state index contributed by atoms with van der Waals surface area (Å²) in [5, 5.41) is 40.3. The number of nitrogens with two attached hydrogens (primary N) is 2. The normalized spacial score (nSPS) is 15.2. The van der Waals surface area contributed by atoms with Crippen LogP contribution in [0.25, 0.3) is 10.8 Å². The number of aliphatic hydroxyl groups excluding tert-OH is 1. The topological polar surface area (TPSA) is 493 Å². The largest absolute Gasteiger partial charge is 0.394 e. The van der Waals surface area contributed by atoms with E-state index >= 15 is 9.59 Å². The van der Waals surface area contributed by atoms with E-state index in [0.717, 1.165) is 10.8 Å². The van der Waals surface area contributed by atoms with Gasteiger partial charge in [-0.05, 0) is 135 Å². The van der Waals surface area contributed by atoms with E-state index in [4.69, 9.17) is 23.1 Å². The van der Waals surface area contributed by atoms with Crippen LogP contribution in [0.1, 0.15) is 123 Å². The zero-order valence-corrected chi connectivity index (χ0v) is 64.2. The van der Waals surface area contributed by atoms with Crippen molar-refractivity contribution in [3.8, 4) is 0 Å². The van der Waals surface area contributed by atoms with Gasteiger partial charge in [0.15, 0.2) is 9.84 Å². The fourth-order valence-electron chi connectivity index (χ4n) is 12.0. The quantitative estimate of drug-likeness (QED) is 0.0240. The summed E-state index contributed by atoms with van der Waals surface area (Å²) in [5.74, 6) is -12.7. The van der Waals surface area contributed by atoms with E-state index in [9.17, 15) is 71.1 Å². The first-order chi connectivity index (χ1) is 52.0. The van der Waals surface area contributed by atoms with Crippen LogP contribution >= 0.6 is 11.6 Å². The van der Waals surface area contributed by atoms with Crippen molar-refractivity contribution in [1.82, 2.24) is 58.1 Å². The van der Waals surface area contributed by atoms with Gasteiger partial charge >= 0.3 is 0 Å². The maximum absolute atomic E-state index is 15.2. The van der Waals surface area contributed by atoms with Crippen LogP contribution in [0.4, 0.5) is 11.4 Å². The highest BCUT2D eigenvalue weighted by Crippen LogP contribution is 2.23. The number of anilines is 2. The van der Waals surface area contributed by atoms with E-state index in [-0.39, 0.29) is 50.3 Å².